The minimum Gasteiger partial charge on any atom is -0.495 e. The molecule has 0 amide bonds. The normalized spacial score (nSPS) is 35.8. The minimum absolute atomic E-state index is 0.306. The Hall–Kier alpha value is -0.660. The van der Waals surface area contributed by atoms with Gasteiger partial charge in [-0.15, -0.1) is 0 Å². The molecule has 0 fully saturated rings. The minimum atomic E-state index is 0.306. The van der Waals surface area contributed by atoms with Crippen molar-refractivity contribution < 1.29 is 4.74 Å². The van der Waals surface area contributed by atoms with Crippen molar-refractivity contribution in [1.29, 1.82) is 0 Å². The summed E-state index contributed by atoms with van der Waals surface area (Å²) in [5, 5.41) is 3.13. The van der Waals surface area contributed by atoms with Crippen LogP contribution in [0.15, 0.2) is 12.5 Å². The van der Waals surface area contributed by atoms with Crippen LogP contribution in [0.4, 0.5) is 0 Å². The molecule has 0 spiro atoms. The van der Waals surface area contributed by atoms with E-state index in [2.05, 4.69) is 12.2 Å². The van der Waals surface area contributed by atoms with Crippen molar-refractivity contribution in [3.8, 4) is 0 Å². The lowest BCUT2D eigenvalue weighted by Crippen LogP contribution is -2.35. The first kappa shape index (κ1) is 5.48. The molecule has 1 N–H and O–H groups in total. The van der Waals surface area contributed by atoms with Crippen molar-refractivity contribution in [3.63, 3.8) is 0 Å². The molecule has 0 aromatic rings. The van der Waals surface area contributed by atoms with Gasteiger partial charge in [0.2, 0.25) is 0 Å². The van der Waals surface area contributed by atoms with Gasteiger partial charge in [-0.1, -0.05) is 0 Å². The number of hydrogen-bond donors (Lipinski definition) is 1. The molecule has 2 unspecified atom stereocenters. The zero-order chi connectivity index (χ0) is 5.98. The van der Waals surface area contributed by atoms with Gasteiger partial charge in [-0.05, 0) is 13.8 Å². The molecule has 1 rings (SSSR count). The smallest absolute Gasteiger partial charge is 0.115 e. The van der Waals surface area contributed by atoms with Gasteiger partial charge < -0.3 is 10.1 Å². The fourth-order valence-electron chi connectivity index (χ4n) is 0.608. The number of nitrogens with one attached hydrogen (secondary N) is 1. The molecule has 0 aromatic carbocycles. The highest BCUT2D eigenvalue weighted by molar-refractivity contribution is 4.84. The van der Waals surface area contributed by atoms with Gasteiger partial charge in [-0.2, -0.15) is 0 Å². The first-order chi connectivity index (χ1) is 3.80. The van der Waals surface area contributed by atoms with E-state index in [1.165, 1.54) is 0 Å². The van der Waals surface area contributed by atoms with Crippen LogP contribution in [0.25, 0.3) is 0 Å². The molecule has 46 valence electrons. The lowest BCUT2D eigenvalue weighted by molar-refractivity contribution is 0.115. The quantitative estimate of drug-likeness (QED) is 0.503. The van der Waals surface area contributed by atoms with Crippen LogP contribution < -0.4 is 5.32 Å². The van der Waals surface area contributed by atoms with Crippen LogP contribution in [0.2, 0.25) is 0 Å². The topological polar surface area (TPSA) is 21.3 Å². The van der Waals surface area contributed by atoms with Gasteiger partial charge in [0, 0.05) is 6.20 Å². The zero-order valence-electron chi connectivity index (χ0n) is 5.22. The molecular weight excluding hydrogens is 102 g/mol. The van der Waals surface area contributed by atoms with Gasteiger partial charge in [0.15, 0.2) is 0 Å². The molecule has 1 aliphatic rings. The molecule has 1 aliphatic heterocycles. The lowest BCUT2D eigenvalue weighted by atomic mass is 10.2. The van der Waals surface area contributed by atoms with Gasteiger partial charge >= 0.3 is 0 Å². The average molecular weight is 113 g/mol. The van der Waals surface area contributed by atoms with E-state index >= 15 is 0 Å². The van der Waals surface area contributed by atoms with Gasteiger partial charge in [-0.3, -0.25) is 0 Å². The Kier molecular flexibility index (Phi) is 1.42. The molecule has 0 aliphatic carbocycles. The first-order valence-electron chi connectivity index (χ1n) is 2.87. The van der Waals surface area contributed by atoms with E-state index in [-0.39, 0.29) is 0 Å². The van der Waals surface area contributed by atoms with Crippen molar-refractivity contribution >= 4 is 0 Å². The summed E-state index contributed by atoms with van der Waals surface area (Å²) in [5.41, 5.74) is 0. The maximum absolute atomic E-state index is 5.15. The maximum Gasteiger partial charge on any atom is 0.115 e. The van der Waals surface area contributed by atoms with E-state index in [0.29, 0.717) is 12.1 Å². The first-order valence-corrected chi connectivity index (χ1v) is 2.87. The standard InChI is InChI=1S/C6H11NO/c1-5-6(2)8-4-3-7-5/h3-7H,1-2H3. The van der Waals surface area contributed by atoms with Gasteiger partial charge in [0.1, 0.15) is 6.10 Å². The van der Waals surface area contributed by atoms with Crippen LogP contribution in [-0.2, 0) is 4.74 Å². The predicted octanol–water partition coefficient (Wildman–Crippen LogP) is 0.854. The lowest BCUT2D eigenvalue weighted by Gasteiger charge is -2.23. The van der Waals surface area contributed by atoms with Gasteiger partial charge in [-0.25, -0.2) is 0 Å². The summed E-state index contributed by atoms with van der Waals surface area (Å²) in [6.07, 6.45) is 3.81. The van der Waals surface area contributed by atoms with E-state index < -0.39 is 0 Å². The SMILES string of the molecule is CC1NC=COC1C. The molecule has 0 saturated carbocycles. The Morgan fingerprint density at radius 1 is 1.50 bits per heavy atom. The van der Waals surface area contributed by atoms with Crippen molar-refractivity contribution in [2.24, 2.45) is 0 Å². The van der Waals surface area contributed by atoms with Crippen LogP contribution >= 0.6 is 0 Å². The Morgan fingerprint density at radius 2 is 2.25 bits per heavy atom. The second-order valence-corrected chi connectivity index (χ2v) is 2.10. The predicted molar refractivity (Wildman–Crippen MR) is 32.3 cm³/mol. The highest BCUT2D eigenvalue weighted by atomic mass is 16.5. The van der Waals surface area contributed by atoms with Crippen molar-refractivity contribution in [1.82, 2.24) is 5.32 Å². The Labute approximate surface area is 49.5 Å². The third-order valence-corrected chi connectivity index (χ3v) is 1.42. The molecule has 0 saturated heterocycles. The second kappa shape index (κ2) is 2.07. The molecule has 2 heteroatoms. The molecule has 2 atom stereocenters. The summed E-state index contributed by atoms with van der Waals surface area (Å²) in [4.78, 5) is 0. The van der Waals surface area contributed by atoms with E-state index in [1.807, 2.05) is 13.1 Å². The summed E-state index contributed by atoms with van der Waals surface area (Å²) < 4.78 is 5.15. The van der Waals surface area contributed by atoms with Crippen LogP contribution in [0.1, 0.15) is 13.8 Å². The molecule has 0 aromatic heterocycles. The molecule has 2 nitrogen and oxygen atoms in total. The molecule has 0 radical (unpaired) electrons. The summed E-state index contributed by atoms with van der Waals surface area (Å²) in [7, 11) is 0. The monoisotopic (exact) mass is 113 g/mol. The van der Waals surface area contributed by atoms with Crippen LogP contribution in [0, 0.1) is 0 Å². The number of rotatable bonds is 0. The second-order valence-electron chi connectivity index (χ2n) is 2.10. The highest BCUT2D eigenvalue weighted by Gasteiger charge is 2.11. The average Bonchev–Trinajstić information content (AvgIpc) is 1.77. The maximum atomic E-state index is 5.15. The van der Waals surface area contributed by atoms with Crippen molar-refractivity contribution in [2.45, 2.75) is 26.0 Å². The Morgan fingerprint density at radius 3 is 2.62 bits per heavy atom. The van der Waals surface area contributed by atoms with E-state index in [4.69, 9.17) is 4.74 Å². The summed E-state index contributed by atoms with van der Waals surface area (Å²) in [6, 6.07) is 0.444. The van der Waals surface area contributed by atoms with E-state index in [1.54, 1.807) is 6.26 Å². The molecule has 0 bridgehead atoms. The van der Waals surface area contributed by atoms with Gasteiger partial charge in [0.05, 0.1) is 12.3 Å². The number of hydrogen-bond acceptors (Lipinski definition) is 2. The summed E-state index contributed by atoms with van der Waals surface area (Å²) >= 11 is 0. The van der Waals surface area contributed by atoms with E-state index in [9.17, 15) is 0 Å². The fourth-order valence-corrected chi connectivity index (χ4v) is 0.608. The highest BCUT2D eigenvalue weighted by Crippen LogP contribution is 2.02. The van der Waals surface area contributed by atoms with E-state index in [0.717, 1.165) is 0 Å². The van der Waals surface area contributed by atoms with Crippen LogP contribution in [0.5, 0.6) is 0 Å². The number of ether oxygens (including phenoxy) is 1. The Bertz CT molecular complexity index is 88.7. The summed E-state index contributed by atoms with van der Waals surface area (Å²) in [5.74, 6) is 0. The molecular formula is C6H11NO. The van der Waals surface area contributed by atoms with Crippen molar-refractivity contribution in [2.75, 3.05) is 0 Å². The summed E-state index contributed by atoms with van der Waals surface area (Å²) in [6.45, 7) is 4.13. The Balaban J connectivity index is 2.44. The zero-order valence-corrected chi connectivity index (χ0v) is 5.22. The van der Waals surface area contributed by atoms with Crippen LogP contribution in [0.3, 0.4) is 0 Å². The third-order valence-electron chi connectivity index (χ3n) is 1.42. The van der Waals surface area contributed by atoms with Crippen molar-refractivity contribution in [3.05, 3.63) is 12.5 Å². The third kappa shape index (κ3) is 0.941. The largest absolute Gasteiger partial charge is 0.495 e. The van der Waals surface area contributed by atoms with Gasteiger partial charge in [0.25, 0.3) is 0 Å². The van der Waals surface area contributed by atoms with Crippen LogP contribution in [-0.4, -0.2) is 12.1 Å². The fraction of sp³-hybridized carbons (Fsp3) is 0.667. The molecule has 8 heavy (non-hydrogen) atoms. The molecule has 1 heterocycles.